The molecule has 0 saturated heterocycles. The molecule has 0 aliphatic heterocycles. The molecule has 0 saturated carbocycles. The van der Waals surface area contributed by atoms with Crippen molar-refractivity contribution in [1.29, 1.82) is 0 Å². The highest BCUT2D eigenvalue weighted by atomic mass is 79.9. The molecule has 4 rings (SSSR count). The first kappa shape index (κ1) is 24.8. The lowest BCUT2D eigenvalue weighted by Gasteiger charge is -2.05. The average molecular weight is 579 g/mol. The second kappa shape index (κ2) is 11.0. The van der Waals surface area contributed by atoms with Crippen molar-refractivity contribution in [3.63, 3.8) is 0 Å². The Morgan fingerprint density at radius 3 is 2.57 bits per heavy atom. The van der Waals surface area contributed by atoms with Gasteiger partial charge >= 0.3 is 5.97 Å². The number of carbonyl (C=O) groups excluding carboxylic acids is 2. The summed E-state index contributed by atoms with van der Waals surface area (Å²) in [6.07, 6.45) is 1.74. The molecule has 4 aromatic rings. The molecule has 0 aliphatic carbocycles. The van der Waals surface area contributed by atoms with Gasteiger partial charge in [0.05, 0.1) is 33.7 Å². The van der Waals surface area contributed by atoms with E-state index in [1.54, 1.807) is 59.4 Å². The summed E-state index contributed by atoms with van der Waals surface area (Å²) < 4.78 is 18.2. The van der Waals surface area contributed by atoms with Gasteiger partial charge in [-0.1, -0.05) is 29.3 Å². The molecule has 2 aromatic heterocycles. The Hall–Kier alpha value is -3.27. The fraction of sp³-hybridized carbons (Fsp3) is 0.125. The number of nitrogens with one attached hydrogen (secondary N) is 1. The summed E-state index contributed by atoms with van der Waals surface area (Å²) in [5, 5.41) is 8.05. The van der Waals surface area contributed by atoms with E-state index >= 15 is 0 Å². The minimum Gasteiger partial charge on any atom is -0.486 e. The fourth-order valence-corrected chi connectivity index (χ4v) is 3.83. The number of amides is 1. The lowest BCUT2D eigenvalue weighted by Crippen LogP contribution is -2.12. The largest absolute Gasteiger partial charge is 0.486 e. The zero-order chi connectivity index (χ0) is 24.9. The highest BCUT2D eigenvalue weighted by Gasteiger charge is 2.16. The zero-order valence-electron chi connectivity index (χ0n) is 18.3. The van der Waals surface area contributed by atoms with Gasteiger partial charge in [-0.15, -0.1) is 0 Å². The Morgan fingerprint density at radius 1 is 1.09 bits per heavy atom. The van der Waals surface area contributed by atoms with Crippen molar-refractivity contribution in [2.75, 3.05) is 12.4 Å². The van der Waals surface area contributed by atoms with Crippen LogP contribution >= 0.6 is 39.1 Å². The van der Waals surface area contributed by atoms with Crippen LogP contribution in [-0.2, 0) is 17.9 Å². The first-order valence-electron chi connectivity index (χ1n) is 10.2. The maximum atomic E-state index is 12.6. The smallest absolute Gasteiger partial charge is 0.337 e. The molecular weight excluding hydrogens is 561 g/mol. The van der Waals surface area contributed by atoms with Crippen molar-refractivity contribution in [3.05, 3.63) is 98.0 Å². The average Bonchev–Trinajstić information content (AvgIpc) is 3.46. The van der Waals surface area contributed by atoms with Gasteiger partial charge in [0, 0.05) is 6.20 Å². The van der Waals surface area contributed by atoms with Gasteiger partial charge in [-0.2, -0.15) is 5.10 Å². The monoisotopic (exact) mass is 577 g/mol. The van der Waals surface area contributed by atoms with Gasteiger partial charge in [0.1, 0.15) is 18.1 Å². The Bertz CT molecular complexity index is 1370. The van der Waals surface area contributed by atoms with E-state index in [0.717, 1.165) is 5.56 Å². The van der Waals surface area contributed by atoms with Crippen LogP contribution < -0.4 is 10.1 Å². The number of esters is 1. The number of anilines is 1. The van der Waals surface area contributed by atoms with Crippen LogP contribution in [0.25, 0.3) is 0 Å². The van der Waals surface area contributed by atoms with Gasteiger partial charge in [0.25, 0.3) is 5.91 Å². The van der Waals surface area contributed by atoms with Crippen LogP contribution in [0.1, 0.15) is 32.2 Å². The van der Waals surface area contributed by atoms with Crippen molar-refractivity contribution in [1.82, 2.24) is 9.78 Å². The molecule has 11 heteroatoms. The molecule has 2 aromatic carbocycles. The summed E-state index contributed by atoms with van der Waals surface area (Å²) in [5.74, 6) is 0.557. The Kier molecular flexibility index (Phi) is 7.80. The Balaban J connectivity index is 1.34. The van der Waals surface area contributed by atoms with E-state index in [0.29, 0.717) is 44.0 Å². The predicted molar refractivity (Wildman–Crippen MR) is 134 cm³/mol. The van der Waals surface area contributed by atoms with E-state index in [-0.39, 0.29) is 12.4 Å². The quantitative estimate of drug-likeness (QED) is 0.250. The van der Waals surface area contributed by atoms with Gasteiger partial charge in [-0.25, -0.2) is 4.79 Å². The van der Waals surface area contributed by atoms with Crippen molar-refractivity contribution < 1.29 is 23.5 Å². The number of aromatic nitrogens is 2. The molecule has 180 valence electrons. The van der Waals surface area contributed by atoms with Gasteiger partial charge in [0.15, 0.2) is 11.6 Å². The minimum atomic E-state index is -0.459. The number of halogens is 3. The molecule has 0 bridgehead atoms. The lowest BCUT2D eigenvalue weighted by molar-refractivity contribution is 0.0600. The Morgan fingerprint density at radius 2 is 1.86 bits per heavy atom. The number of furan rings is 1. The lowest BCUT2D eigenvalue weighted by atomic mass is 10.2. The van der Waals surface area contributed by atoms with Gasteiger partial charge in [-0.3, -0.25) is 9.48 Å². The van der Waals surface area contributed by atoms with Crippen LogP contribution in [0.2, 0.25) is 10.0 Å². The number of hydrogen-bond donors (Lipinski definition) is 1. The van der Waals surface area contributed by atoms with Crippen molar-refractivity contribution in [3.8, 4) is 5.75 Å². The molecule has 2 heterocycles. The number of carbonyl (C=O) groups is 2. The van der Waals surface area contributed by atoms with Crippen LogP contribution in [0.4, 0.5) is 5.82 Å². The number of methoxy groups -OCH3 is 1. The standard InChI is InChI=1S/C24H18BrCl2N3O5/c1-33-24(32)15-3-5-16(6-4-15)34-13-17-7-9-21(35-17)23(31)28-22-18(25)12-30(29-22)11-14-2-8-19(26)20(27)10-14/h2-10,12H,11,13H2,1H3,(H,28,29,31). The third kappa shape index (κ3) is 6.25. The first-order chi connectivity index (χ1) is 16.8. The molecule has 0 radical (unpaired) electrons. The van der Waals surface area contributed by atoms with E-state index in [2.05, 4.69) is 31.1 Å². The van der Waals surface area contributed by atoms with Gasteiger partial charge < -0.3 is 19.2 Å². The summed E-state index contributed by atoms with van der Waals surface area (Å²) in [6.45, 7) is 0.543. The fourth-order valence-electron chi connectivity index (χ4n) is 3.09. The topological polar surface area (TPSA) is 95.6 Å². The molecule has 1 N–H and O–H groups in total. The van der Waals surface area contributed by atoms with Crippen molar-refractivity contribution in [2.45, 2.75) is 13.2 Å². The molecule has 0 aliphatic rings. The Labute approximate surface area is 218 Å². The number of ether oxygens (including phenoxy) is 2. The maximum Gasteiger partial charge on any atom is 0.337 e. The van der Waals surface area contributed by atoms with Crippen LogP contribution in [0.3, 0.4) is 0 Å². The number of rotatable bonds is 8. The molecule has 8 nitrogen and oxygen atoms in total. The third-order valence-corrected chi connectivity index (χ3v) is 6.14. The van der Waals surface area contributed by atoms with Crippen LogP contribution in [0.15, 0.2) is 69.7 Å². The summed E-state index contributed by atoms with van der Waals surface area (Å²) >= 11 is 15.4. The summed E-state index contributed by atoms with van der Waals surface area (Å²) in [4.78, 5) is 24.1. The van der Waals surface area contributed by atoms with Crippen LogP contribution in [0.5, 0.6) is 5.75 Å². The zero-order valence-corrected chi connectivity index (χ0v) is 21.4. The normalized spacial score (nSPS) is 10.7. The number of nitrogens with zero attached hydrogens (tertiary/aromatic N) is 2. The van der Waals surface area contributed by atoms with Gasteiger partial charge in [0.2, 0.25) is 0 Å². The second-order valence-electron chi connectivity index (χ2n) is 7.30. The number of benzene rings is 2. The molecule has 0 unspecified atom stereocenters. The number of hydrogen-bond acceptors (Lipinski definition) is 6. The molecule has 0 atom stereocenters. The highest BCUT2D eigenvalue weighted by molar-refractivity contribution is 9.10. The van der Waals surface area contributed by atoms with E-state index in [1.165, 1.54) is 7.11 Å². The van der Waals surface area contributed by atoms with E-state index in [4.69, 9.17) is 32.4 Å². The third-order valence-electron chi connectivity index (χ3n) is 4.82. The van der Waals surface area contributed by atoms with Gasteiger partial charge in [-0.05, 0) is 70.0 Å². The molecule has 0 spiro atoms. The predicted octanol–water partition coefficient (Wildman–Crippen LogP) is 6.21. The van der Waals surface area contributed by atoms with Crippen LogP contribution in [-0.4, -0.2) is 28.8 Å². The first-order valence-corrected chi connectivity index (χ1v) is 11.8. The van der Waals surface area contributed by atoms with Crippen molar-refractivity contribution >= 4 is 56.8 Å². The van der Waals surface area contributed by atoms with E-state index in [9.17, 15) is 9.59 Å². The summed E-state index contributed by atoms with van der Waals surface area (Å²) in [7, 11) is 1.32. The minimum absolute atomic E-state index is 0.104. The molecule has 1 amide bonds. The highest BCUT2D eigenvalue weighted by Crippen LogP contribution is 2.25. The summed E-state index contributed by atoms with van der Waals surface area (Å²) in [6, 6.07) is 15.0. The molecular formula is C24H18BrCl2N3O5. The van der Waals surface area contributed by atoms with E-state index < -0.39 is 11.9 Å². The molecule has 35 heavy (non-hydrogen) atoms. The van der Waals surface area contributed by atoms with Crippen molar-refractivity contribution in [2.24, 2.45) is 0 Å². The summed E-state index contributed by atoms with van der Waals surface area (Å²) in [5.41, 5.74) is 1.32. The van der Waals surface area contributed by atoms with Crippen LogP contribution in [0, 0.1) is 0 Å². The maximum absolute atomic E-state index is 12.6. The van der Waals surface area contributed by atoms with E-state index in [1.807, 2.05) is 6.07 Å². The SMILES string of the molecule is COC(=O)c1ccc(OCc2ccc(C(=O)Nc3nn(Cc4ccc(Cl)c(Cl)c4)cc3Br)o2)cc1. The second-order valence-corrected chi connectivity index (χ2v) is 8.97. The molecule has 0 fully saturated rings.